The predicted octanol–water partition coefficient (Wildman–Crippen LogP) is 4.08. The van der Waals surface area contributed by atoms with Gasteiger partial charge in [0.1, 0.15) is 11.9 Å². The lowest BCUT2D eigenvalue weighted by atomic mass is 9.86. The first-order chi connectivity index (χ1) is 9.39. The summed E-state index contributed by atoms with van der Waals surface area (Å²) < 4.78 is 5.75. The summed E-state index contributed by atoms with van der Waals surface area (Å²) in [6.07, 6.45) is 2.66. The van der Waals surface area contributed by atoms with E-state index in [1.165, 1.54) is 18.5 Å². The highest BCUT2D eigenvalue weighted by Crippen LogP contribution is 2.36. The van der Waals surface area contributed by atoms with Crippen LogP contribution in [0, 0.1) is 10.1 Å². The summed E-state index contributed by atoms with van der Waals surface area (Å²) >= 11 is 0. The van der Waals surface area contributed by atoms with Crippen LogP contribution >= 0.6 is 0 Å². The zero-order valence-electron chi connectivity index (χ0n) is 11.7. The molecule has 5 heteroatoms. The van der Waals surface area contributed by atoms with Gasteiger partial charge in [-0.3, -0.25) is 15.1 Å². The van der Waals surface area contributed by atoms with Crippen LogP contribution in [-0.4, -0.2) is 9.91 Å². The van der Waals surface area contributed by atoms with Crippen LogP contribution in [0.4, 0.5) is 5.69 Å². The monoisotopic (exact) mass is 272 g/mol. The largest absolute Gasteiger partial charge is 0.450 e. The summed E-state index contributed by atoms with van der Waals surface area (Å²) in [5, 5.41) is 11.0. The quantitative estimate of drug-likeness (QED) is 0.623. The van der Waals surface area contributed by atoms with Crippen LogP contribution in [-0.2, 0) is 5.41 Å². The highest BCUT2D eigenvalue weighted by molar-refractivity contribution is 5.48. The second-order valence-corrected chi connectivity index (χ2v) is 5.45. The Kier molecular flexibility index (Phi) is 3.70. The molecule has 1 aromatic heterocycles. The van der Waals surface area contributed by atoms with E-state index < -0.39 is 4.92 Å². The Labute approximate surface area is 117 Å². The summed E-state index contributed by atoms with van der Waals surface area (Å²) in [7, 11) is 0. The van der Waals surface area contributed by atoms with Gasteiger partial charge in [0.2, 0.25) is 5.75 Å². The van der Waals surface area contributed by atoms with Crippen molar-refractivity contribution >= 4 is 5.69 Å². The lowest BCUT2D eigenvalue weighted by Crippen LogP contribution is -2.12. The Morgan fingerprint density at radius 1 is 1.15 bits per heavy atom. The van der Waals surface area contributed by atoms with Crippen molar-refractivity contribution in [1.82, 2.24) is 4.98 Å². The Morgan fingerprint density at radius 3 is 2.50 bits per heavy atom. The number of ether oxygens (including phenoxy) is 1. The normalized spacial score (nSPS) is 11.2. The molecule has 1 heterocycles. The molecule has 0 atom stereocenters. The topological polar surface area (TPSA) is 65.3 Å². The van der Waals surface area contributed by atoms with Crippen LogP contribution in [0.25, 0.3) is 0 Å². The van der Waals surface area contributed by atoms with Crippen molar-refractivity contribution in [2.45, 2.75) is 26.2 Å². The molecule has 20 heavy (non-hydrogen) atoms. The smallest absolute Gasteiger partial charge is 0.329 e. The minimum atomic E-state index is -0.498. The highest BCUT2D eigenvalue weighted by atomic mass is 16.6. The number of hydrogen-bond donors (Lipinski definition) is 0. The molecule has 0 bridgehead atoms. The third-order valence-corrected chi connectivity index (χ3v) is 2.87. The molecule has 0 fully saturated rings. The van der Waals surface area contributed by atoms with Crippen LogP contribution in [0.15, 0.2) is 42.7 Å². The molecule has 0 saturated carbocycles. The van der Waals surface area contributed by atoms with E-state index in [0.717, 1.165) is 5.56 Å². The number of rotatable bonds is 3. The van der Waals surface area contributed by atoms with Crippen molar-refractivity contribution in [3.05, 3.63) is 58.4 Å². The molecule has 2 aromatic rings. The Bertz CT molecular complexity index is 633. The lowest BCUT2D eigenvalue weighted by Gasteiger charge is -2.22. The van der Waals surface area contributed by atoms with E-state index >= 15 is 0 Å². The number of pyridine rings is 1. The van der Waals surface area contributed by atoms with E-state index in [9.17, 15) is 10.1 Å². The number of para-hydroxylation sites is 1. The molecule has 0 aliphatic heterocycles. The van der Waals surface area contributed by atoms with Gasteiger partial charge in [0.25, 0.3) is 0 Å². The van der Waals surface area contributed by atoms with Gasteiger partial charge in [0.15, 0.2) is 0 Å². The molecule has 104 valence electrons. The van der Waals surface area contributed by atoms with E-state index in [1.807, 2.05) is 24.3 Å². The summed E-state index contributed by atoms with van der Waals surface area (Å²) in [4.78, 5) is 14.2. The Balaban J connectivity index is 2.44. The maximum Gasteiger partial charge on any atom is 0.329 e. The Hall–Kier alpha value is -2.43. The number of hydrogen-bond acceptors (Lipinski definition) is 4. The molecule has 0 aliphatic carbocycles. The fourth-order valence-electron chi connectivity index (χ4n) is 1.89. The van der Waals surface area contributed by atoms with Gasteiger partial charge in [0, 0.05) is 17.8 Å². The fraction of sp³-hybridized carbons (Fsp3) is 0.267. The SMILES string of the molecule is CC(C)(C)c1ccccc1Oc1ccncc1[N+](=O)[O-]. The molecule has 0 unspecified atom stereocenters. The van der Waals surface area contributed by atoms with Gasteiger partial charge in [-0.25, -0.2) is 0 Å². The van der Waals surface area contributed by atoms with E-state index in [1.54, 1.807) is 0 Å². The maximum absolute atomic E-state index is 11.0. The molecule has 1 aromatic carbocycles. The number of benzene rings is 1. The molecule has 0 amide bonds. The molecule has 0 aliphatic rings. The van der Waals surface area contributed by atoms with E-state index in [4.69, 9.17) is 4.74 Å². The van der Waals surface area contributed by atoms with Gasteiger partial charge in [0.05, 0.1) is 4.92 Å². The van der Waals surface area contributed by atoms with E-state index in [2.05, 4.69) is 25.8 Å². The summed E-state index contributed by atoms with van der Waals surface area (Å²) in [6.45, 7) is 6.20. The van der Waals surface area contributed by atoms with Crippen LogP contribution in [0.1, 0.15) is 26.3 Å². The molecule has 2 rings (SSSR count). The van der Waals surface area contributed by atoms with Gasteiger partial charge < -0.3 is 4.74 Å². The van der Waals surface area contributed by atoms with Crippen LogP contribution < -0.4 is 4.74 Å². The first-order valence-corrected chi connectivity index (χ1v) is 6.25. The third kappa shape index (κ3) is 2.93. The van der Waals surface area contributed by atoms with E-state index in [-0.39, 0.29) is 16.9 Å². The maximum atomic E-state index is 11.0. The minimum absolute atomic E-state index is 0.113. The molecule has 0 radical (unpaired) electrons. The lowest BCUT2D eigenvalue weighted by molar-refractivity contribution is -0.386. The van der Waals surface area contributed by atoms with Gasteiger partial charge in [-0.1, -0.05) is 39.0 Å². The first kappa shape index (κ1) is 14.0. The molecule has 0 saturated heterocycles. The minimum Gasteiger partial charge on any atom is -0.450 e. The zero-order valence-corrected chi connectivity index (χ0v) is 11.7. The van der Waals surface area contributed by atoms with Crippen LogP contribution in [0.5, 0.6) is 11.5 Å². The molecule has 0 N–H and O–H groups in total. The molecule has 0 spiro atoms. The van der Waals surface area contributed by atoms with Gasteiger partial charge >= 0.3 is 5.69 Å². The van der Waals surface area contributed by atoms with Crippen molar-refractivity contribution in [2.24, 2.45) is 0 Å². The van der Waals surface area contributed by atoms with Crippen molar-refractivity contribution in [2.75, 3.05) is 0 Å². The van der Waals surface area contributed by atoms with E-state index in [0.29, 0.717) is 5.75 Å². The predicted molar refractivity (Wildman–Crippen MR) is 76.1 cm³/mol. The van der Waals surface area contributed by atoms with Crippen molar-refractivity contribution in [1.29, 1.82) is 0 Å². The van der Waals surface area contributed by atoms with Crippen LogP contribution in [0.2, 0.25) is 0 Å². The van der Waals surface area contributed by atoms with Gasteiger partial charge in [-0.2, -0.15) is 0 Å². The first-order valence-electron chi connectivity index (χ1n) is 6.25. The molecular weight excluding hydrogens is 256 g/mol. The van der Waals surface area contributed by atoms with Crippen molar-refractivity contribution in [3.8, 4) is 11.5 Å². The second kappa shape index (κ2) is 5.28. The van der Waals surface area contributed by atoms with Gasteiger partial charge in [-0.05, 0) is 11.5 Å². The van der Waals surface area contributed by atoms with Crippen molar-refractivity contribution in [3.63, 3.8) is 0 Å². The third-order valence-electron chi connectivity index (χ3n) is 2.87. The highest BCUT2D eigenvalue weighted by Gasteiger charge is 2.21. The fourth-order valence-corrected chi connectivity index (χ4v) is 1.89. The van der Waals surface area contributed by atoms with Crippen LogP contribution in [0.3, 0.4) is 0 Å². The Morgan fingerprint density at radius 2 is 1.85 bits per heavy atom. The standard InChI is InChI=1S/C15H16N2O3/c1-15(2,3)11-6-4-5-7-13(11)20-14-8-9-16-10-12(14)17(18)19/h4-10H,1-3H3. The average Bonchev–Trinajstić information content (AvgIpc) is 2.38. The zero-order chi connectivity index (χ0) is 14.8. The number of nitro groups is 1. The summed E-state index contributed by atoms with van der Waals surface area (Å²) in [5.41, 5.74) is 0.737. The summed E-state index contributed by atoms with van der Waals surface area (Å²) in [6, 6.07) is 9.04. The summed E-state index contributed by atoms with van der Waals surface area (Å²) in [5.74, 6) is 0.816. The second-order valence-electron chi connectivity index (χ2n) is 5.45. The number of nitrogens with zero attached hydrogens (tertiary/aromatic N) is 2. The average molecular weight is 272 g/mol. The molecular formula is C15H16N2O3. The molecule has 5 nitrogen and oxygen atoms in total. The van der Waals surface area contributed by atoms with Crippen molar-refractivity contribution < 1.29 is 9.66 Å². The number of aromatic nitrogens is 1. The van der Waals surface area contributed by atoms with Gasteiger partial charge in [-0.15, -0.1) is 0 Å².